The van der Waals surface area contributed by atoms with Crippen molar-refractivity contribution in [1.29, 1.82) is 0 Å². The predicted molar refractivity (Wildman–Crippen MR) is 104 cm³/mol. The Morgan fingerprint density at radius 2 is 1.76 bits per heavy atom. The Labute approximate surface area is 170 Å². The minimum atomic E-state index is -1.76. The monoisotopic (exact) mass is 411 g/mol. The van der Waals surface area contributed by atoms with Crippen molar-refractivity contribution in [2.75, 3.05) is 6.61 Å². The third kappa shape index (κ3) is 4.88. The molecule has 164 valence electrons. The molecule has 0 aromatic heterocycles. The van der Waals surface area contributed by atoms with Crippen LogP contribution in [0, 0.1) is 5.92 Å². The van der Waals surface area contributed by atoms with Gasteiger partial charge in [-0.1, -0.05) is 38.2 Å². The molecule has 2 saturated carbocycles. The zero-order chi connectivity index (χ0) is 21.0. The van der Waals surface area contributed by atoms with Gasteiger partial charge < -0.3 is 30.5 Å². The van der Waals surface area contributed by atoms with E-state index in [0.29, 0.717) is 0 Å². The van der Waals surface area contributed by atoms with Crippen LogP contribution in [0.1, 0.15) is 57.8 Å². The number of carbonyl (C=O) groups is 2. The van der Waals surface area contributed by atoms with E-state index in [9.17, 15) is 24.9 Å². The van der Waals surface area contributed by atoms with E-state index in [2.05, 4.69) is 5.32 Å². The summed E-state index contributed by atoms with van der Waals surface area (Å²) in [7, 11) is 0. The molecule has 0 radical (unpaired) electrons. The molecular weight excluding hydrogens is 378 g/mol. The topological polar surface area (TPSA) is 140 Å². The molecule has 0 spiro atoms. The highest BCUT2D eigenvalue weighted by Gasteiger charge is 2.72. The molecule has 2 aliphatic carbocycles. The lowest BCUT2D eigenvalue weighted by Crippen LogP contribution is -2.69. The van der Waals surface area contributed by atoms with Gasteiger partial charge in [-0.25, -0.2) is 0 Å². The normalized spacial score (nSPS) is 38.1. The molecule has 2 bridgehead atoms. The summed E-state index contributed by atoms with van der Waals surface area (Å²) >= 11 is 0. The van der Waals surface area contributed by atoms with Crippen LogP contribution < -0.4 is 5.32 Å². The van der Waals surface area contributed by atoms with E-state index in [1.807, 2.05) is 0 Å². The van der Waals surface area contributed by atoms with E-state index in [0.717, 1.165) is 51.4 Å². The first-order valence-corrected chi connectivity index (χ1v) is 10.8. The first kappa shape index (κ1) is 22.4. The van der Waals surface area contributed by atoms with Gasteiger partial charge in [-0.3, -0.25) is 9.59 Å². The molecular formula is C21H33NO7. The number of hydrogen-bond donors (Lipinski definition) is 5. The fraction of sp³-hybridized carbons (Fsp3) is 0.810. The highest BCUT2D eigenvalue weighted by Crippen LogP contribution is 2.50. The van der Waals surface area contributed by atoms with Gasteiger partial charge in [0.05, 0.1) is 24.2 Å². The summed E-state index contributed by atoms with van der Waals surface area (Å²) in [6, 6.07) is -0.821. The Bertz CT molecular complexity index is 624. The highest BCUT2D eigenvalue weighted by molar-refractivity contribution is 5.94. The van der Waals surface area contributed by atoms with E-state index in [1.54, 1.807) is 6.08 Å². The number of carbonyl (C=O) groups excluding carboxylic acids is 2. The number of rotatable bonds is 11. The smallest absolute Gasteiger partial charge is 0.243 e. The molecule has 0 aromatic carbocycles. The summed E-state index contributed by atoms with van der Waals surface area (Å²) in [5.74, 6) is -2.14. The maximum atomic E-state index is 12.4. The van der Waals surface area contributed by atoms with Gasteiger partial charge in [-0.2, -0.15) is 0 Å². The van der Waals surface area contributed by atoms with Crippen molar-refractivity contribution in [1.82, 2.24) is 5.32 Å². The Hall–Kier alpha value is -1.32. The summed E-state index contributed by atoms with van der Waals surface area (Å²) in [5, 5.41) is 42.7. The summed E-state index contributed by atoms with van der Waals surface area (Å²) in [4.78, 5) is 24.6. The number of hydrogen-bond acceptors (Lipinski definition) is 7. The summed E-state index contributed by atoms with van der Waals surface area (Å²) in [6.45, 7) is 0.260. The molecule has 1 aliphatic heterocycles. The quantitative estimate of drug-likeness (QED) is 0.183. The van der Waals surface area contributed by atoms with E-state index in [1.165, 1.54) is 6.08 Å². The third-order valence-electron chi connectivity index (χ3n) is 6.37. The number of nitrogens with one attached hydrogen (secondary N) is 1. The average Bonchev–Trinajstić information content (AvgIpc) is 3.49. The Morgan fingerprint density at radius 3 is 2.45 bits per heavy atom. The fourth-order valence-corrected chi connectivity index (χ4v) is 4.65. The van der Waals surface area contributed by atoms with Crippen LogP contribution in [0.3, 0.4) is 0 Å². The highest BCUT2D eigenvalue weighted by atomic mass is 16.6. The van der Waals surface area contributed by atoms with E-state index in [-0.39, 0.29) is 13.0 Å². The Morgan fingerprint density at radius 1 is 1.10 bits per heavy atom. The number of Topliss-reactive ketones (excluding diaryl/α,β-unsaturated/α-hetero) is 1. The molecule has 8 nitrogen and oxygen atoms in total. The number of epoxide rings is 1. The second-order valence-electron chi connectivity index (χ2n) is 8.53. The first-order valence-electron chi connectivity index (χ1n) is 10.8. The largest absolute Gasteiger partial charge is 0.396 e. The van der Waals surface area contributed by atoms with Crippen LogP contribution in [0.4, 0.5) is 0 Å². The molecule has 5 N–H and O–H groups in total. The lowest BCUT2D eigenvalue weighted by atomic mass is 9.64. The van der Waals surface area contributed by atoms with Crippen molar-refractivity contribution in [2.24, 2.45) is 5.92 Å². The molecule has 0 aromatic rings. The van der Waals surface area contributed by atoms with Crippen LogP contribution in [0.5, 0.6) is 0 Å². The van der Waals surface area contributed by atoms with E-state index < -0.39 is 53.7 Å². The van der Waals surface area contributed by atoms with Gasteiger partial charge in [0.1, 0.15) is 12.2 Å². The number of allylic oxidation sites excluding steroid dienone is 1. The van der Waals surface area contributed by atoms with Crippen molar-refractivity contribution in [3.63, 3.8) is 0 Å². The minimum absolute atomic E-state index is 0.118. The van der Waals surface area contributed by atoms with Gasteiger partial charge >= 0.3 is 0 Å². The van der Waals surface area contributed by atoms with Crippen molar-refractivity contribution < 1.29 is 34.8 Å². The number of fused-ring (bicyclic) bond motifs is 4. The standard InChI is InChI=1S/C21H33NO7/c23-11-9-7-5-3-1-2-4-6-8-10-14(24)22-13-12-21(28)19(27)15(16(13)25)17(26)18-20(21)29-18/h8,10,13,15-18,20,23,25-26,28H,1-7,9,11-12H2,(H,22,24)/b10-8+/t13-,15+,16-,17-,18-,20-,21+/m0/s1. The van der Waals surface area contributed by atoms with Gasteiger partial charge in [-0.05, 0) is 25.3 Å². The van der Waals surface area contributed by atoms with Gasteiger partial charge in [0.15, 0.2) is 11.4 Å². The predicted octanol–water partition coefficient (Wildman–Crippen LogP) is -0.0366. The second-order valence-corrected chi connectivity index (χ2v) is 8.53. The lowest BCUT2D eigenvalue weighted by Gasteiger charge is -2.46. The molecule has 7 atom stereocenters. The van der Waals surface area contributed by atoms with Crippen LogP contribution in [0.2, 0.25) is 0 Å². The SMILES string of the molecule is O=C(/C=C/CCCCCCCCCO)N[C@H]1C[C@@]2(O)C(=O)[C@@H]([C@H](O)[C@@H]3O[C@@H]32)[C@H]1O. The third-order valence-corrected chi connectivity index (χ3v) is 6.37. The van der Waals surface area contributed by atoms with Crippen LogP contribution in [0.25, 0.3) is 0 Å². The number of aliphatic hydroxyl groups is 4. The summed E-state index contributed by atoms with van der Waals surface area (Å²) < 4.78 is 5.25. The van der Waals surface area contributed by atoms with Crippen LogP contribution >= 0.6 is 0 Å². The van der Waals surface area contributed by atoms with Crippen LogP contribution in [0.15, 0.2) is 12.2 Å². The van der Waals surface area contributed by atoms with Crippen LogP contribution in [-0.4, -0.2) is 74.8 Å². The lowest BCUT2D eigenvalue weighted by molar-refractivity contribution is -0.171. The Kier molecular flexibility index (Phi) is 7.45. The van der Waals surface area contributed by atoms with Gasteiger partial charge in [0, 0.05) is 13.0 Å². The molecule has 8 heteroatoms. The molecule has 1 heterocycles. The maximum absolute atomic E-state index is 12.4. The van der Waals surface area contributed by atoms with Gasteiger partial charge in [-0.15, -0.1) is 0 Å². The van der Waals surface area contributed by atoms with Crippen molar-refractivity contribution in [3.05, 3.63) is 12.2 Å². The van der Waals surface area contributed by atoms with Gasteiger partial charge in [0.25, 0.3) is 0 Å². The molecule has 1 saturated heterocycles. The van der Waals surface area contributed by atoms with Crippen molar-refractivity contribution in [2.45, 2.75) is 93.8 Å². The first-order chi connectivity index (χ1) is 13.9. The zero-order valence-electron chi connectivity index (χ0n) is 16.7. The summed E-state index contributed by atoms with van der Waals surface area (Å²) in [5.41, 5.74) is -1.76. The molecule has 3 aliphatic rings. The van der Waals surface area contributed by atoms with Gasteiger partial charge in [0.2, 0.25) is 5.91 Å². The fourth-order valence-electron chi connectivity index (χ4n) is 4.65. The maximum Gasteiger partial charge on any atom is 0.243 e. The van der Waals surface area contributed by atoms with Crippen molar-refractivity contribution in [3.8, 4) is 0 Å². The molecule has 1 amide bonds. The molecule has 29 heavy (non-hydrogen) atoms. The van der Waals surface area contributed by atoms with Crippen LogP contribution in [-0.2, 0) is 14.3 Å². The Balaban J connectivity index is 1.38. The zero-order valence-corrected chi connectivity index (χ0v) is 16.7. The number of unbranched alkanes of at least 4 members (excludes halogenated alkanes) is 7. The number of ether oxygens (including phenoxy) is 1. The minimum Gasteiger partial charge on any atom is -0.396 e. The average molecular weight is 411 g/mol. The van der Waals surface area contributed by atoms with E-state index >= 15 is 0 Å². The number of ketones is 1. The second kappa shape index (κ2) is 9.66. The molecule has 0 unspecified atom stereocenters. The van der Waals surface area contributed by atoms with E-state index in [4.69, 9.17) is 9.84 Å². The molecule has 3 rings (SSSR count). The molecule has 3 fully saturated rings. The summed E-state index contributed by atoms with van der Waals surface area (Å²) in [6.07, 6.45) is 7.49. The number of amides is 1. The number of aliphatic hydroxyl groups excluding tert-OH is 3. The van der Waals surface area contributed by atoms with Crippen molar-refractivity contribution >= 4 is 11.7 Å².